The number of aliphatic hydroxyl groups is 1. The predicted octanol–water partition coefficient (Wildman–Crippen LogP) is 4.34. The Hall–Kier alpha value is -0.700. The lowest BCUT2D eigenvalue weighted by Gasteiger charge is -2.61. The van der Waals surface area contributed by atoms with Crippen molar-refractivity contribution >= 4 is 16.1 Å². The highest BCUT2D eigenvalue weighted by atomic mass is 32.2. The minimum atomic E-state index is -3.80. The summed E-state index contributed by atoms with van der Waals surface area (Å²) in [4.78, 5) is 11.0. The molecule has 8 heteroatoms. The van der Waals surface area contributed by atoms with E-state index in [1.165, 1.54) is 44.9 Å². The molecular formula is C26H47NO6S. The molecule has 9 atom stereocenters. The van der Waals surface area contributed by atoms with Crippen LogP contribution in [0.2, 0.25) is 0 Å². The summed E-state index contributed by atoms with van der Waals surface area (Å²) in [6.45, 7) is 7.40. The van der Waals surface area contributed by atoms with Gasteiger partial charge in [-0.05, 0) is 111 Å². The van der Waals surface area contributed by atoms with Crippen LogP contribution in [-0.4, -0.2) is 47.6 Å². The normalized spacial score (nSPS) is 42.4. The molecule has 198 valence electrons. The first-order valence-electron chi connectivity index (χ1n) is 13.4. The largest absolute Gasteiger partial charge is 0.481 e. The number of carboxylic acids is 1. The molecule has 0 saturated heterocycles. The summed E-state index contributed by atoms with van der Waals surface area (Å²) in [5, 5.41) is 19.3. The van der Waals surface area contributed by atoms with Gasteiger partial charge in [-0.2, -0.15) is 8.42 Å². The molecule has 0 aliphatic heterocycles. The van der Waals surface area contributed by atoms with Crippen molar-refractivity contribution in [3.63, 3.8) is 0 Å². The van der Waals surface area contributed by atoms with Crippen LogP contribution in [-0.2, 0) is 14.9 Å². The van der Waals surface area contributed by atoms with Gasteiger partial charge in [-0.3, -0.25) is 9.35 Å². The van der Waals surface area contributed by atoms with Crippen LogP contribution in [0.15, 0.2) is 0 Å². The first kappa shape index (κ1) is 27.9. The van der Waals surface area contributed by atoms with Gasteiger partial charge in [0.05, 0.1) is 11.9 Å². The maximum absolute atomic E-state index is 11.0. The summed E-state index contributed by atoms with van der Waals surface area (Å²) in [6, 6.07) is 0. The molecule has 0 unspecified atom stereocenters. The summed E-state index contributed by atoms with van der Waals surface area (Å²) < 4.78 is 27.3. The molecule has 34 heavy (non-hydrogen) atoms. The summed E-state index contributed by atoms with van der Waals surface area (Å²) in [7, 11) is -3.80. The van der Waals surface area contributed by atoms with Crippen LogP contribution >= 0.6 is 0 Å². The van der Waals surface area contributed by atoms with Crippen LogP contribution in [0.1, 0.15) is 91.4 Å². The van der Waals surface area contributed by atoms with E-state index in [2.05, 4.69) is 20.8 Å². The Morgan fingerprint density at radius 3 is 2.26 bits per heavy atom. The zero-order valence-corrected chi connectivity index (χ0v) is 22.1. The molecule has 7 nitrogen and oxygen atoms in total. The van der Waals surface area contributed by atoms with Gasteiger partial charge in [-0.1, -0.05) is 20.8 Å². The quantitative estimate of drug-likeness (QED) is 0.397. The molecule has 0 aromatic carbocycles. The minimum absolute atomic E-state index is 0.0289. The standard InChI is InChI=1S/C24H40O3.C2H7NO3S/c1-15(4-9-22(26)27)19-7-8-20-18-6-5-16-14-17(25)10-12-23(16,2)21(18)11-13-24(19,20)3;3-1-2-7(4,5)6/h15-21,25H,4-14H2,1-3H3,(H,26,27);1-3H2,(H,4,5,6)/t15-,16-,17-,18+,19-,20+,21+,23+,24-;/m1./s1. The average molecular weight is 502 g/mol. The van der Waals surface area contributed by atoms with Crippen molar-refractivity contribution in [2.45, 2.75) is 97.5 Å². The molecule has 4 rings (SSSR count). The highest BCUT2D eigenvalue weighted by Crippen LogP contribution is 2.68. The Morgan fingerprint density at radius 1 is 1.03 bits per heavy atom. The van der Waals surface area contributed by atoms with Gasteiger partial charge >= 0.3 is 5.97 Å². The maximum atomic E-state index is 11.0. The highest BCUT2D eigenvalue weighted by Gasteiger charge is 2.60. The predicted molar refractivity (Wildman–Crippen MR) is 133 cm³/mol. The monoisotopic (exact) mass is 501 g/mol. The van der Waals surface area contributed by atoms with E-state index in [0.29, 0.717) is 29.1 Å². The van der Waals surface area contributed by atoms with Crippen molar-refractivity contribution in [1.82, 2.24) is 0 Å². The molecule has 0 spiro atoms. The Bertz CT molecular complexity index is 818. The summed E-state index contributed by atoms with van der Waals surface area (Å²) >= 11 is 0. The lowest BCUT2D eigenvalue weighted by molar-refractivity contribution is -0.138. The highest BCUT2D eigenvalue weighted by molar-refractivity contribution is 7.85. The molecule has 0 aromatic heterocycles. The van der Waals surface area contributed by atoms with Crippen molar-refractivity contribution < 1.29 is 28.0 Å². The number of rotatable bonds is 6. The van der Waals surface area contributed by atoms with E-state index in [9.17, 15) is 18.3 Å². The lowest BCUT2D eigenvalue weighted by atomic mass is 9.44. The van der Waals surface area contributed by atoms with Crippen LogP contribution in [0.5, 0.6) is 0 Å². The summed E-state index contributed by atoms with van der Waals surface area (Å²) in [6.07, 6.45) is 12.4. The van der Waals surface area contributed by atoms with Crippen LogP contribution in [0.25, 0.3) is 0 Å². The first-order chi connectivity index (χ1) is 15.8. The van der Waals surface area contributed by atoms with Gasteiger partial charge in [0.15, 0.2) is 0 Å². The van der Waals surface area contributed by atoms with Crippen molar-refractivity contribution in [3.8, 4) is 0 Å². The van der Waals surface area contributed by atoms with Crippen molar-refractivity contribution in [3.05, 3.63) is 0 Å². The van der Waals surface area contributed by atoms with Gasteiger partial charge in [-0.25, -0.2) is 0 Å². The number of carbonyl (C=O) groups is 1. The van der Waals surface area contributed by atoms with E-state index in [1.807, 2.05) is 0 Å². The van der Waals surface area contributed by atoms with E-state index >= 15 is 0 Å². The lowest BCUT2D eigenvalue weighted by Crippen LogP contribution is -2.54. The second kappa shape index (κ2) is 10.7. The summed E-state index contributed by atoms with van der Waals surface area (Å²) in [5.41, 5.74) is 5.66. The van der Waals surface area contributed by atoms with Crippen molar-refractivity contribution in [1.29, 1.82) is 0 Å². The smallest absolute Gasteiger partial charge is 0.303 e. The van der Waals surface area contributed by atoms with Gasteiger partial charge in [0, 0.05) is 13.0 Å². The van der Waals surface area contributed by atoms with Crippen molar-refractivity contribution in [2.24, 2.45) is 52.1 Å². The Kier molecular flexibility index (Phi) is 8.80. The molecule has 0 heterocycles. The Balaban J connectivity index is 0.000000406. The molecule has 0 aromatic rings. The SMILES string of the molecule is C[C@H](CCC(=O)O)[C@H]1CC[C@H]2[C@@H]3CC[C@@H]4C[C@H](O)CC[C@]4(C)[C@H]3CC[C@]12C.NCCS(=O)(=O)O. The van der Waals surface area contributed by atoms with Crippen LogP contribution in [0, 0.1) is 46.3 Å². The third kappa shape index (κ3) is 5.81. The van der Waals surface area contributed by atoms with Crippen LogP contribution in [0.4, 0.5) is 0 Å². The summed E-state index contributed by atoms with van der Waals surface area (Å²) in [5.74, 6) is 3.55. The molecule has 0 radical (unpaired) electrons. The number of fused-ring (bicyclic) bond motifs is 5. The molecule has 4 aliphatic carbocycles. The first-order valence-corrected chi connectivity index (χ1v) is 15.0. The molecule has 4 fully saturated rings. The van der Waals surface area contributed by atoms with E-state index in [1.54, 1.807) is 0 Å². The Morgan fingerprint density at radius 2 is 1.68 bits per heavy atom. The van der Waals surface area contributed by atoms with Crippen LogP contribution in [0.3, 0.4) is 0 Å². The molecule has 0 amide bonds. The number of aliphatic carboxylic acids is 1. The zero-order valence-electron chi connectivity index (χ0n) is 21.3. The van der Waals surface area contributed by atoms with Gasteiger partial charge in [0.1, 0.15) is 0 Å². The zero-order chi connectivity index (χ0) is 25.3. The van der Waals surface area contributed by atoms with E-state index in [0.717, 1.165) is 42.9 Å². The fourth-order valence-corrected chi connectivity index (χ4v) is 9.21. The molecule has 0 bridgehead atoms. The number of hydrogen-bond donors (Lipinski definition) is 4. The molecule has 4 aliphatic rings. The average Bonchev–Trinajstić information content (AvgIpc) is 3.09. The third-order valence-electron chi connectivity index (χ3n) is 10.6. The van der Waals surface area contributed by atoms with Gasteiger partial charge in [-0.15, -0.1) is 0 Å². The number of hydrogen-bond acceptors (Lipinski definition) is 5. The van der Waals surface area contributed by atoms with Gasteiger partial charge in [0.2, 0.25) is 0 Å². The minimum Gasteiger partial charge on any atom is -0.481 e. The third-order valence-corrected chi connectivity index (χ3v) is 11.3. The fourth-order valence-electron chi connectivity index (χ4n) is 8.91. The molecule has 5 N–H and O–H groups in total. The molecule has 4 saturated carbocycles. The second-order valence-corrected chi connectivity index (χ2v) is 13.9. The van der Waals surface area contributed by atoms with E-state index < -0.39 is 16.1 Å². The van der Waals surface area contributed by atoms with Gasteiger partial charge < -0.3 is 15.9 Å². The van der Waals surface area contributed by atoms with E-state index in [4.69, 9.17) is 15.4 Å². The van der Waals surface area contributed by atoms with E-state index in [-0.39, 0.29) is 18.4 Å². The topological polar surface area (TPSA) is 138 Å². The van der Waals surface area contributed by atoms with Gasteiger partial charge in [0.25, 0.3) is 10.1 Å². The number of aliphatic hydroxyl groups excluding tert-OH is 1. The van der Waals surface area contributed by atoms with Crippen molar-refractivity contribution in [2.75, 3.05) is 12.3 Å². The second-order valence-electron chi connectivity index (χ2n) is 12.3. The number of carboxylic acid groups (broad SMARTS) is 1. The molecular weight excluding hydrogens is 454 g/mol. The maximum Gasteiger partial charge on any atom is 0.303 e. The van der Waals surface area contributed by atoms with Crippen LogP contribution < -0.4 is 5.73 Å². The number of nitrogens with two attached hydrogens (primary N) is 1. The fraction of sp³-hybridized carbons (Fsp3) is 0.962. The Labute approximate surface area is 206 Å².